The molecule has 0 saturated heterocycles. The number of carbonyl (C=O) groups is 1. The van der Waals surface area contributed by atoms with Crippen molar-refractivity contribution in [3.63, 3.8) is 0 Å². The van der Waals surface area contributed by atoms with E-state index in [0.29, 0.717) is 19.5 Å². The number of amides is 2. The second kappa shape index (κ2) is 7.33. The van der Waals surface area contributed by atoms with Gasteiger partial charge in [-0.05, 0) is 26.2 Å². The van der Waals surface area contributed by atoms with Gasteiger partial charge in [0.25, 0.3) is 0 Å². The van der Waals surface area contributed by atoms with Crippen molar-refractivity contribution in [3.8, 4) is 0 Å². The van der Waals surface area contributed by atoms with Gasteiger partial charge in [0.2, 0.25) is 0 Å². The molecule has 5 nitrogen and oxygen atoms in total. The van der Waals surface area contributed by atoms with Gasteiger partial charge < -0.3 is 15.7 Å². The Hall–Kier alpha value is -1.14. The Morgan fingerprint density at radius 2 is 2.17 bits per heavy atom. The lowest BCUT2D eigenvalue weighted by Gasteiger charge is -2.11. The van der Waals surface area contributed by atoms with Gasteiger partial charge in [-0.1, -0.05) is 6.92 Å². The molecule has 1 aromatic rings. The molecule has 1 atom stereocenters. The normalized spacial score (nSPS) is 12.2. The molecule has 1 aromatic heterocycles. The minimum Gasteiger partial charge on any atom is -0.396 e. The van der Waals surface area contributed by atoms with Crippen LogP contribution in [0.3, 0.4) is 0 Å². The number of nitrogens with zero attached hydrogens (tertiary/aromatic N) is 1. The smallest absolute Gasteiger partial charge is 0.315 e. The number of aryl methyl sites for hydroxylation is 2. The van der Waals surface area contributed by atoms with Crippen molar-refractivity contribution in [2.75, 3.05) is 13.2 Å². The number of urea groups is 1. The Bertz CT molecular complexity index is 393. The van der Waals surface area contributed by atoms with E-state index in [0.717, 1.165) is 15.6 Å². The summed E-state index contributed by atoms with van der Waals surface area (Å²) in [6.45, 7) is 7.14. The SMILES string of the molecule is Cc1nc(C)c(CNC(=O)NCC(C)CCO)s1. The van der Waals surface area contributed by atoms with Crippen LogP contribution in [0.1, 0.15) is 28.9 Å². The van der Waals surface area contributed by atoms with Crippen molar-refractivity contribution in [1.82, 2.24) is 15.6 Å². The number of aliphatic hydroxyl groups excluding tert-OH is 1. The second-order valence-corrected chi connectivity index (χ2v) is 5.71. The van der Waals surface area contributed by atoms with Gasteiger partial charge in [0.1, 0.15) is 0 Å². The molecule has 0 bridgehead atoms. The molecule has 18 heavy (non-hydrogen) atoms. The predicted octanol–water partition coefficient (Wildman–Crippen LogP) is 1.58. The molecule has 0 aromatic carbocycles. The lowest BCUT2D eigenvalue weighted by Crippen LogP contribution is -2.37. The van der Waals surface area contributed by atoms with Crippen LogP contribution in [0.4, 0.5) is 4.79 Å². The Morgan fingerprint density at radius 1 is 1.44 bits per heavy atom. The Kier molecular flexibility index (Phi) is 6.07. The first-order chi connectivity index (χ1) is 8.52. The van der Waals surface area contributed by atoms with Crippen LogP contribution in [0.15, 0.2) is 0 Å². The van der Waals surface area contributed by atoms with Crippen LogP contribution in [0.5, 0.6) is 0 Å². The Balaban J connectivity index is 2.27. The van der Waals surface area contributed by atoms with Gasteiger partial charge in [-0.3, -0.25) is 0 Å². The Morgan fingerprint density at radius 3 is 2.72 bits per heavy atom. The number of rotatable bonds is 6. The molecule has 6 heteroatoms. The van der Waals surface area contributed by atoms with Crippen molar-refractivity contribution in [3.05, 3.63) is 15.6 Å². The molecular weight excluding hydrogens is 250 g/mol. The maximum absolute atomic E-state index is 11.5. The number of thiazole rings is 1. The van der Waals surface area contributed by atoms with Crippen molar-refractivity contribution in [2.45, 2.75) is 33.7 Å². The van der Waals surface area contributed by atoms with E-state index in [4.69, 9.17) is 5.11 Å². The van der Waals surface area contributed by atoms with E-state index in [1.165, 1.54) is 0 Å². The van der Waals surface area contributed by atoms with Gasteiger partial charge in [0, 0.05) is 18.0 Å². The van der Waals surface area contributed by atoms with Gasteiger partial charge in [-0.15, -0.1) is 11.3 Å². The van der Waals surface area contributed by atoms with E-state index < -0.39 is 0 Å². The zero-order valence-electron chi connectivity index (χ0n) is 11.1. The Labute approximate surface area is 112 Å². The summed E-state index contributed by atoms with van der Waals surface area (Å²) in [7, 11) is 0. The summed E-state index contributed by atoms with van der Waals surface area (Å²) in [5, 5.41) is 15.4. The first kappa shape index (κ1) is 14.9. The van der Waals surface area contributed by atoms with Gasteiger partial charge in [-0.2, -0.15) is 0 Å². The first-order valence-corrected chi connectivity index (χ1v) is 6.90. The summed E-state index contributed by atoms with van der Waals surface area (Å²) in [6.07, 6.45) is 0.702. The second-order valence-electron chi connectivity index (χ2n) is 4.42. The first-order valence-electron chi connectivity index (χ1n) is 6.08. The van der Waals surface area contributed by atoms with Crippen LogP contribution in [0.25, 0.3) is 0 Å². The fourth-order valence-electron chi connectivity index (χ4n) is 1.55. The fraction of sp³-hybridized carbons (Fsp3) is 0.667. The standard InChI is InChI=1S/C12H21N3O2S/c1-8(4-5-16)6-13-12(17)14-7-11-9(2)15-10(3)18-11/h8,16H,4-7H2,1-3H3,(H2,13,14,17). The highest BCUT2D eigenvalue weighted by molar-refractivity contribution is 7.11. The lowest BCUT2D eigenvalue weighted by atomic mass is 10.1. The molecule has 0 aliphatic heterocycles. The van der Waals surface area contributed by atoms with Crippen molar-refractivity contribution in [2.24, 2.45) is 5.92 Å². The van der Waals surface area contributed by atoms with Crippen LogP contribution in [-0.2, 0) is 6.54 Å². The van der Waals surface area contributed by atoms with E-state index in [2.05, 4.69) is 15.6 Å². The average molecular weight is 271 g/mol. The summed E-state index contributed by atoms with van der Waals surface area (Å²) < 4.78 is 0. The topological polar surface area (TPSA) is 74.2 Å². The summed E-state index contributed by atoms with van der Waals surface area (Å²) in [4.78, 5) is 16.9. The fourth-order valence-corrected chi connectivity index (χ4v) is 2.43. The molecule has 0 aliphatic rings. The van der Waals surface area contributed by atoms with Crippen LogP contribution in [0, 0.1) is 19.8 Å². The highest BCUT2D eigenvalue weighted by Crippen LogP contribution is 2.16. The number of hydrogen-bond acceptors (Lipinski definition) is 4. The predicted molar refractivity (Wildman–Crippen MR) is 72.7 cm³/mol. The zero-order valence-corrected chi connectivity index (χ0v) is 11.9. The third-order valence-corrected chi connectivity index (χ3v) is 3.71. The molecule has 1 unspecified atom stereocenters. The summed E-state index contributed by atoms with van der Waals surface area (Å²) in [5.74, 6) is 0.285. The average Bonchev–Trinajstić information content (AvgIpc) is 2.63. The van der Waals surface area contributed by atoms with Crippen LogP contribution < -0.4 is 10.6 Å². The third-order valence-electron chi connectivity index (χ3n) is 2.64. The van der Waals surface area contributed by atoms with E-state index in [-0.39, 0.29) is 18.6 Å². The highest BCUT2D eigenvalue weighted by atomic mass is 32.1. The van der Waals surface area contributed by atoms with Crippen LogP contribution in [0.2, 0.25) is 0 Å². The van der Waals surface area contributed by atoms with Crippen LogP contribution in [-0.4, -0.2) is 29.3 Å². The van der Waals surface area contributed by atoms with E-state index in [1.54, 1.807) is 11.3 Å². The molecule has 3 N–H and O–H groups in total. The third kappa shape index (κ3) is 5.01. The number of hydrogen-bond donors (Lipinski definition) is 3. The molecule has 0 radical (unpaired) electrons. The number of nitrogens with one attached hydrogen (secondary N) is 2. The van der Waals surface area contributed by atoms with E-state index >= 15 is 0 Å². The molecule has 102 valence electrons. The van der Waals surface area contributed by atoms with Gasteiger partial charge >= 0.3 is 6.03 Å². The van der Waals surface area contributed by atoms with Gasteiger partial charge in [-0.25, -0.2) is 9.78 Å². The monoisotopic (exact) mass is 271 g/mol. The van der Waals surface area contributed by atoms with Gasteiger partial charge in [0.15, 0.2) is 0 Å². The molecule has 0 fully saturated rings. The number of aromatic nitrogens is 1. The van der Waals surface area contributed by atoms with Gasteiger partial charge in [0.05, 0.1) is 17.2 Å². The quantitative estimate of drug-likeness (QED) is 0.735. The number of aliphatic hydroxyl groups is 1. The summed E-state index contributed by atoms with van der Waals surface area (Å²) in [6, 6.07) is -0.176. The minimum absolute atomic E-state index is 0.157. The number of carbonyl (C=O) groups excluding carboxylic acids is 1. The van der Waals surface area contributed by atoms with Crippen molar-refractivity contribution in [1.29, 1.82) is 0 Å². The largest absolute Gasteiger partial charge is 0.396 e. The molecule has 1 rings (SSSR count). The summed E-state index contributed by atoms with van der Waals surface area (Å²) in [5.41, 5.74) is 0.978. The molecular formula is C12H21N3O2S. The van der Waals surface area contributed by atoms with Crippen molar-refractivity contribution >= 4 is 17.4 Å². The van der Waals surface area contributed by atoms with E-state index in [1.807, 2.05) is 20.8 Å². The van der Waals surface area contributed by atoms with E-state index in [9.17, 15) is 4.79 Å². The van der Waals surface area contributed by atoms with Crippen LogP contribution >= 0.6 is 11.3 Å². The van der Waals surface area contributed by atoms with Crippen molar-refractivity contribution < 1.29 is 9.90 Å². The zero-order chi connectivity index (χ0) is 13.5. The molecule has 0 aliphatic carbocycles. The lowest BCUT2D eigenvalue weighted by molar-refractivity contribution is 0.233. The molecule has 1 heterocycles. The highest BCUT2D eigenvalue weighted by Gasteiger charge is 2.08. The molecule has 0 saturated carbocycles. The maximum Gasteiger partial charge on any atom is 0.315 e. The summed E-state index contributed by atoms with van der Waals surface area (Å²) >= 11 is 1.60. The molecule has 2 amide bonds. The maximum atomic E-state index is 11.5. The molecule has 0 spiro atoms. The minimum atomic E-state index is -0.176.